The van der Waals surface area contributed by atoms with Crippen LogP contribution in [0.3, 0.4) is 0 Å². The molecule has 0 spiro atoms. The molecule has 0 heterocycles. The van der Waals surface area contributed by atoms with Crippen molar-refractivity contribution >= 4 is 17.8 Å². The van der Waals surface area contributed by atoms with Crippen molar-refractivity contribution in [2.75, 3.05) is 14.2 Å². The smallest absolute Gasteiger partial charge is 0.161 e. The highest BCUT2D eigenvalue weighted by Crippen LogP contribution is 2.27. The summed E-state index contributed by atoms with van der Waals surface area (Å²) in [5.74, 6) is 2.20. The highest BCUT2D eigenvalue weighted by Gasteiger charge is 2.03. The summed E-state index contributed by atoms with van der Waals surface area (Å²) in [6.07, 6.45) is 1.77. The number of hydrogen-bond acceptors (Lipinski definition) is 5. The minimum atomic E-state index is 0.473. The number of hydrogen-bond donors (Lipinski definition) is 1. The molecule has 6 heteroatoms. The van der Waals surface area contributed by atoms with Crippen molar-refractivity contribution in [3.05, 3.63) is 88.4 Å². The Labute approximate surface area is 175 Å². The van der Waals surface area contributed by atoms with Crippen molar-refractivity contribution < 1.29 is 14.2 Å². The molecule has 0 aliphatic carbocycles. The summed E-state index contributed by atoms with van der Waals surface area (Å²) in [4.78, 5) is 0. The van der Waals surface area contributed by atoms with E-state index in [2.05, 4.69) is 10.5 Å². The number of ether oxygens (including phenoxy) is 3. The van der Waals surface area contributed by atoms with Gasteiger partial charge in [0.05, 0.1) is 27.0 Å². The largest absolute Gasteiger partial charge is 0.493 e. The molecule has 0 amide bonds. The number of rotatable bonds is 9. The fraction of sp³-hybridized carbons (Fsp3) is 0.174. The van der Waals surface area contributed by atoms with Crippen LogP contribution in [0.25, 0.3) is 0 Å². The van der Waals surface area contributed by atoms with Gasteiger partial charge in [-0.3, -0.25) is 0 Å². The first kappa shape index (κ1) is 20.6. The topological polar surface area (TPSA) is 52.1 Å². The van der Waals surface area contributed by atoms with Gasteiger partial charge in [-0.15, -0.1) is 0 Å². The van der Waals surface area contributed by atoms with E-state index in [4.69, 9.17) is 25.8 Å². The van der Waals surface area contributed by atoms with Gasteiger partial charge in [0.1, 0.15) is 12.4 Å². The monoisotopic (exact) mass is 410 g/mol. The van der Waals surface area contributed by atoms with E-state index in [0.29, 0.717) is 29.7 Å². The highest BCUT2D eigenvalue weighted by atomic mass is 35.5. The van der Waals surface area contributed by atoms with Crippen molar-refractivity contribution in [3.63, 3.8) is 0 Å². The van der Waals surface area contributed by atoms with Crippen LogP contribution in [-0.4, -0.2) is 20.4 Å². The van der Waals surface area contributed by atoms with Crippen LogP contribution in [0.1, 0.15) is 16.7 Å². The van der Waals surface area contributed by atoms with Crippen LogP contribution in [0, 0.1) is 0 Å². The fourth-order valence-corrected chi connectivity index (χ4v) is 2.90. The van der Waals surface area contributed by atoms with Crippen LogP contribution >= 0.6 is 11.6 Å². The van der Waals surface area contributed by atoms with Gasteiger partial charge < -0.3 is 19.6 Å². The summed E-state index contributed by atoms with van der Waals surface area (Å²) in [5.41, 5.74) is 6.08. The molecule has 29 heavy (non-hydrogen) atoms. The zero-order valence-electron chi connectivity index (χ0n) is 16.4. The predicted molar refractivity (Wildman–Crippen MR) is 116 cm³/mol. The molecular weight excluding hydrogens is 388 g/mol. The average Bonchev–Trinajstić information content (AvgIpc) is 2.76. The van der Waals surface area contributed by atoms with E-state index in [1.165, 1.54) is 0 Å². The third kappa shape index (κ3) is 6.16. The maximum atomic E-state index is 5.99. The van der Waals surface area contributed by atoms with Crippen LogP contribution in [0.2, 0.25) is 5.02 Å². The molecule has 0 unspecified atom stereocenters. The minimum Gasteiger partial charge on any atom is -0.493 e. The Hall–Kier alpha value is -3.18. The summed E-state index contributed by atoms with van der Waals surface area (Å²) >= 11 is 5.99. The molecular formula is C23H23ClN2O3. The Morgan fingerprint density at radius 1 is 0.897 bits per heavy atom. The SMILES string of the molecule is COc1ccc(CN/N=C\c2ccc(OCc3cccc(Cl)c3)cc2)cc1OC. The van der Waals surface area contributed by atoms with E-state index in [1.807, 2.05) is 66.7 Å². The molecule has 0 aliphatic heterocycles. The Morgan fingerprint density at radius 2 is 1.69 bits per heavy atom. The Balaban J connectivity index is 1.48. The molecule has 0 atom stereocenters. The van der Waals surface area contributed by atoms with Gasteiger partial charge in [0.15, 0.2) is 11.5 Å². The first-order chi connectivity index (χ1) is 14.2. The fourth-order valence-electron chi connectivity index (χ4n) is 2.69. The zero-order chi connectivity index (χ0) is 20.5. The maximum Gasteiger partial charge on any atom is 0.161 e. The van der Waals surface area contributed by atoms with E-state index in [9.17, 15) is 0 Å². The summed E-state index contributed by atoms with van der Waals surface area (Å²) in [6.45, 7) is 1.05. The number of hydrazone groups is 1. The summed E-state index contributed by atoms with van der Waals surface area (Å²) in [7, 11) is 3.24. The second-order valence-corrected chi connectivity index (χ2v) is 6.71. The zero-order valence-corrected chi connectivity index (χ0v) is 17.1. The van der Waals surface area contributed by atoms with Gasteiger partial charge in [0, 0.05) is 5.02 Å². The summed E-state index contributed by atoms with van der Waals surface area (Å²) in [6, 6.07) is 21.1. The number of benzene rings is 3. The predicted octanol–water partition coefficient (Wildman–Crippen LogP) is 5.06. The second-order valence-electron chi connectivity index (χ2n) is 6.27. The van der Waals surface area contributed by atoms with Gasteiger partial charge in [-0.1, -0.05) is 29.8 Å². The third-order valence-electron chi connectivity index (χ3n) is 4.21. The van der Waals surface area contributed by atoms with Gasteiger partial charge in [-0.2, -0.15) is 5.10 Å². The molecule has 3 aromatic rings. The van der Waals surface area contributed by atoms with Gasteiger partial charge in [-0.25, -0.2) is 0 Å². The van der Waals surface area contributed by atoms with Crippen molar-refractivity contribution in [2.45, 2.75) is 13.2 Å². The Morgan fingerprint density at radius 3 is 2.41 bits per heavy atom. The van der Waals surface area contributed by atoms with Gasteiger partial charge >= 0.3 is 0 Å². The molecule has 0 aromatic heterocycles. The first-order valence-electron chi connectivity index (χ1n) is 9.12. The molecule has 0 aliphatic rings. The quantitative estimate of drug-likeness (QED) is 0.395. The van der Waals surface area contributed by atoms with E-state index in [1.54, 1.807) is 20.4 Å². The van der Waals surface area contributed by atoms with Crippen molar-refractivity contribution in [2.24, 2.45) is 5.10 Å². The number of methoxy groups -OCH3 is 2. The van der Waals surface area contributed by atoms with Crippen molar-refractivity contribution in [1.29, 1.82) is 0 Å². The molecule has 3 rings (SSSR count). The molecule has 150 valence electrons. The van der Waals surface area contributed by atoms with E-state index in [-0.39, 0.29) is 0 Å². The third-order valence-corrected chi connectivity index (χ3v) is 4.45. The van der Waals surface area contributed by atoms with Crippen LogP contribution < -0.4 is 19.6 Å². The van der Waals surface area contributed by atoms with Crippen LogP contribution in [-0.2, 0) is 13.2 Å². The summed E-state index contributed by atoms with van der Waals surface area (Å²) in [5, 5.41) is 4.97. The minimum absolute atomic E-state index is 0.473. The Bertz CT molecular complexity index is 959. The maximum absolute atomic E-state index is 5.99. The molecule has 0 saturated heterocycles. The molecule has 1 N–H and O–H groups in total. The average molecular weight is 411 g/mol. The molecule has 5 nitrogen and oxygen atoms in total. The standard InChI is InChI=1S/C23H23ClN2O3/c1-27-22-11-8-18(13-23(22)28-2)15-26-25-14-17-6-9-21(10-7-17)29-16-19-4-3-5-20(24)12-19/h3-14,26H,15-16H2,1-2H3/b25-14-. The molecule has 0 saturated carbocycles. The molecule has 3 aromatic carbocycles. The van der Waals surface area contributed by atoms with Crippen molar-refractivity contribution in [1.82, 2.24) is 5.43 Å². The number of nitrogens with zero attached hydrogens (tertiary/aromatic N) is 1. The van der Waals surface area contributed by atoms with Crippen LogP contribution in [0.5, 0.6) is 17.2 Å². The first-order valence-corrected chi connectivity index (χ1v) is 9.50. The molecule has 0 fully saturated rings. The Kier molecular flexibility index (Phi) is 7.36. The van der Waals surface area contributed by atoms with Crippen LogP contribution in [0.15, 0.2) is 71.8 Å². The molecule has 0 bridgehead atoms. The van der Waals surface area contributed by atoms with Gasteiger partial charge in [0.25, 0.3) is 0 Å². The van der Waals surface area contributed by atoms with E-state index in [0.717, 1.165) is 22.4 Å². The highest BCUT2D eigenvalue weighted by molar-refractivity contribution is 6.30. The van der Waals surface area contributed by atoms with Gasteiger partial charge in [0.2, 0.25) is 0 Å². The van der Waals surface area contributed by atoms with Gasteiger partial charge in [-0.05, 0) is 65.2 Å². The lowest BCUT2D eigenvalue weighted by molar-refractivity contribution is 0.306. The lowest BCUT2D eigenvalue weighted by atomic mass is 10.2. The van der Waals surface area contributed by atoms with Crippen LogP contribution in [0.4, 0.5) is 0 Å². The van der Waals surface area contributed by atoms with Crippen molar-refractivity contribution in [3.8, 4) is 17.2 Å². The number of halogens is 1. The van der Waals surface area contributed by atoms with E-state index >= 15 is 0 Å². The molecule has 0 radical (unpaired) electrons. The lowest BCUT2D eigenvalue weighted by Gasteiger charge is -2.09. The van der Waals surface area contributed by atoms with E-state index < -0.39 is 0 Å². The lowest BCUT2D eigenvalue weighted by Crippen LogP contribution is -2.06. The second kappa shape index (κ2) is 10.4. The number of nitrogens with one attached hydrogen (secondary N) is 1. The summed E-state index contributed by atoms with van der Waals surface area (Å²) < 4.78 is 16.3. The normalized spacial score (nSPS) is 10.7.